The lowest BCUT2D eigenvalue weighted by Crippen LogP contribution is -2.58. The predicted octanol–water partition coefficient (Wildman–Crippen LogP) is 1.58. The van der Waals surface area contributed by atoms with Gasteiger partial charge in [-0.1, -0.05) is 0 Å². The predicted molar refractivity (Wildman–Crippen MR) is 113 cm³/mol. The summed E-state index contributed by atoms with van der Waals surface area (Å²) >= 11 is 0. The van der Waals surface area contributed by atoms with E-state index in [9.17, 15) is 28.3 Å². The van der Waals surface area contributed by atoms with Crippen LogP contribution in [-0.2, 0) is 11.3 Å². The van der Waals surface area contributed by atoms with Crippen LogP contribution in [0.1, 0.15) is 51.7 Å². The Hall–Kier alpha value is -3.47. The normalized spacial score (nSPS) is 19.8. The number of ether oxygens (including phenoxy) is 1. The quantitative estimate of drug-likeness (QED) is 0.715. The molecule has 2 aliphatic rings. The number of benzene rings is 1. The third-order valence-electron chi connectivity index (χ3n) is 6.13. The fourth-order valence-corrected chi connectivity index (χ4v) is 4.24. The summed E-state index contributed by atoms with van der Waals surface area (Å²) in [6, 6.07) is 2.12. The number of hydrogen-bond acceptors (Lipinski definition) is 6. The SMILES string of the molecule is CO[C@@H]1CC[C@H](C)N2CN1n1cc(C(=O)NCc3c(F)cc(C)cc3F)c(=O)c(O)c1C2=O. The number of carbonyl (C=O) groups is 2. The van der Waals surface area contributed by atoms with Crippen LogP contribution in [0.15, 0.2) is 23.1 Å². The minimum Gasteiger partial charge on any atom is -0.502 e. The van der Waals surface area contributed by atoms with Crippen LogP contribution in [0.4, 0.5) is 8.78 Å². The average Bonchev–Trinajstić information content (AvgIpc) is 2.90. The van der Waals surface area contributed by atoms with E-state index in [4.69, 9.17) is 4.74 Å². The molecule has 11 heteroatoms. The first kappa shape index (κ1) is 22.7. The molecule has 0 radical (unpaired) electrons. The van der Waals surface area contributed by atoms with E-state index in [1.807, 2.05) is 6.92 Å². The molecule has 33 heavy (non-hydrogen) atoms. The summed E-state index contributed by atoms with van der Waals surface area (Å²) in [4.78, 5) is 40.1. The highest BCUT2D eigenvalue weighted by atomic mass is 19.1. The van der Waals surface area contributed by atoms with Gasteiger partial charge in [-0.25, -0.2) is 8.78 Å². The van der Waals surface area contributed by atoms with Crippen LogP contribution in [0.25, 0.3) is 0 Å². The summed E-state index contributed by atoms with van der Waals surface area (Å²) in [5, 5.41) is 14.5. The molecule has 0 unspecified atom stereocenters. The topological polar surface area (TPSA) is 104 Å². The van der Waals surface area contributed by atoms with Gasteiger partial charge in [-0.15, -0.1) is 0 Å². The molecule has 176 valence electrons. The molecule has 2 bridgehead atoms. The number of aromatic nitrogens is 1. The number of carbonyl (C=O) groups excluding carboxylic acids is 2. The van der Waals surface area contributed by atoms with Crippen LogP contribution < -0.4 is 15.8 Å². The molecule has 3 heterocycles. The van der Waals surface area contributed by atoms with Crippen molar-refractivity contribution < 1.29 is 28.2 Å². The second-order valence-corrected chi connectivity index (χ2v) is 8.28. The zero-order valence-electron chi connectivity index (χ0n) is 18.4. The van der Waals surface area contributed by atoms with Crippen molar-refractivity contribution in [1.29, 1.82) is 0 Å². The fourth-order valence-electron chi connectivity index (χ4n) is 4.24. The van der Waals surface area contributed by atoms with Gasteiger partial charge in [-0.3, -0.25) is 24.1 Å². The smallest absolute Gasteiger partial charge is 0.278 e. The van der Waals surface area contributed by atoms with E-state index in [1.165, 1.54) is 23.6 Å². The molecule has 4 rings (SSSR count). The average molecular weight is 462 g/mol. The molecule has 9 nitrogen and oxygen atoms in total. The van der Waals surface area contributed by atoms with Crippen molar-refractivity contribution in [3.05, 3.63) is 62.6 Å². The van der Waals surface area contributed by atoms with Crippen molar-refractivity contribution in [2.75, 3.05) is 18.8 Å². The van der Waals surface area contributed by atoms with E-state index in [0.29, 0.717) is 18.4 Å². The van der Waals surface area contributed by atoms with Crippen molar-refractivity contribution in [2.45, 2.75) is 45.5 Å². The fraction of sp³-hybridized carbons (Fsp3) is 0.409. The van der Waals surface area contributed by atoms with Gasteiger partial charge in [0.25, 0.3) is 11.8 Å². The van der Waals surface area contributed by atoms with Crippen LogP contribution in [-0.4, -0.2) is 52.5 Å². The van der Waals surface area contributed by atoms with Gasteiger partial charge < -0.3 is 20.1 Å². The highest BCUT2D eigenvalue weighted by Gasteiger charge is 2.41. The molecule has 2 amide bonds. The summed E-state index contributed by atoms with van der Waals surface area (Å²) in [7, 11) is 1.50. The number of hydrogen-bond donors (Lipinski definition) is 2. The molecule has 0 saturated carbocycles. The van der Waals surface area contributed by atoms with E-state index >= 15 is 0 Å². The molecule has 2 aromatic rings. The molecule has 0 aliphatic carbocycles. The molecule has 1 saturated heterocycles. The van der Waals surface area contributed by atoms with Gasteiger partial charge in [-0.05, 0) is 44.4 Å². The summed E-state index contributed by atoms with van der Waals surface area (Å²) in [5.41, 5.74) is -1.77. The molecule has 1 fully saturated rings. The van der Waals surface area contributed by atoms with Crippen LogP contribution >= 0.6 is 0 Å². The van der Waals surface area contributed by atoms with Gasteiger partial charge in [0.15, 0.2) is 11.4 Å². The lowest BCUT2D eigenvalue weighted by Gasteiger charge is -2.41. The van der Waals surface area contributed by atoms with Crippen LogP contribution in [0.2, 0.25) is 0 Å². The first-order valence-electron chi connectivity index (χ1n) is 10.5. The van der Waals surface area contributed by atoms with E-state index in [0.717, 1.165) is 18.3 Å². The van der Waals surface area contributed by atoms with Crippen molar-refractivity contribution in [1.82, 2.24) is 14.9 Å². The number of aryl methyl sites for hydroxylation is 1. The molecular formula is C22H24F2N4O5. The second kappa shape index (κ2) is 8.47. The Labute approximate surface area is 188 Å². The van der Waals surface area contributed by atoms with Crippen molar-refractivity contribution in [3.63, 3.8) is 0 Å². The Morgan fingerprint density at radius 2 is 1.91 bits per heavy atom. The number of aromatic hydroxyl groups is 1. The maximum atomic E-state index is 14.1. The third kappa shape index (κ3) is 3.82. The largest absolute Gasteiger partial charge is 0.502 e. The summed E-state index contributed by atoms with van der Waals surface area (Å²) in [5.74, 6) is -4.02. The molecule has 2 aliphatic heterocycles. The Morgan fingerprint density at radius 3 is 2.55 bits per heavy atom. The Morgan fingerprint density at radius 1 is 1.24 bits per heavy atom. The summed E-state index contributed by atoms with van der Waals surface area (Å²) in [6.45, 7) is 3.02. The van der Waals surface area contributed by atoms with Crippen LogP contribution in [0, 0.1) is 18.6 Å². The zero-order chi connectivity index (χ0) is 24.0. The highest BCUT2D eigenvalue weighted by molar-refractivity contribution is 5.99. The maximum Gasteiger partial charge on any atom is 0.278 e. The number of nitrogens with zero attached hydrogens (tertiary/aromatic N) is 3. The van der Waals surface area contributed by atoms with Crippen molar-refractivity contribution in [2.24, 2.45) is 0 Å². The molecule has 1 aromatic heterocycles. The van der Waals surface area contributed by atoms with Gasteiger partial charge in [0.1, 0.15) is 30.1 Å². The standard InChI is InChI=1S/C22H24F2N4O5/c1-11-6-15(23)13(16(24)7-11)8-25-21(31)14-9-27-18(20(30)19(14)29)22(32)26-10-28(27)17(33-3)5-4-12(26)2/h6-7,9,12,17,30H,4-5,8,10H2,1-3H3,(H,25,31)/t12-,17+/m0/s1. The molecule has 0 spiro atoms. The number of fused-ring (bicyclic) bond motifs is 4. The monoisotopic (exact) mass is 462 g/mol. The number of methoxy groups -OCH3 is 1. The molecule has 2 atom stereocenters. The van der Waals surface area contributed by atoms with Gasteiger partial charge in [0.2, 0.25) is 5.43 Å². The van der Waals surface area contributed by atoms with E-state index in [1.54, 1.807) is 5.01 Å². The Balaban J connectivity index is 1.71. The van der Waals surface area contributed by atoms with E-state index in [-0.39, 0.29) is 24.0 Å². The van der Waals surface area contributed by atoms with Gasteiger partial charge in [0, 0.05) is 31.5 Å². The highest BCUT2D eigenvalue weighted by Crippen LogP contribution is 2.29. The van der Waals surface area contributed by atoms with Gasteiger partial charge in [0.05, 0.1) is 0 Å². The summed E-state index contributed by atoms with van der Waals surface area (Å²) in [6.07, 6.45) is 1.88. The minimum absolute atomic E-state index is 0.134. The third-order valence-corrected chi connectivity index (χ3v) is 6.13. The Kier molecular flexibility index (Phi) is 5.83. The number of halogens is 2. The Bertz CT molecular complexity index is 1180. The second-order valence-electron chi connectivity index (χ2n) is 8.28. The number of amides is 2. The van der Waals surface area contributed by atoms with Crippen molar-refractivity contribution in [3.8, 4) is 5.75 Å². The lowest BCUT2D eigenvalue weighted by atomic mass is 10.1. The minimum atomic E-state index is -1.06. The molecular weight excluding hydrogens is 438 g/mol. The number of pyridine rings is 1. The molecule has 1 aromatic carbocycles. The maximum absolute atomic E-state index is 14.1. The first-order valence-corrected chi connectivity index (χ1v) is 10.5. The van der Waals surface area contributed by atoms with Gasteiger partial charge in [-0.2, -0.15) is 0 Å². The zero-order valence-corrected chi connectivity index (χ0v) is 18.4. The summed E-state index contributed by atoms with van der Waals surface area (Å²) < 4.78 is 35.0. The lowest BCUT2D eigenvalue weighted by molar-refractivity contribution is 0.0488. The molecule has 2 N–H and O–H groups in total. The number of rotatable bonds is 4. The first-order chi connectivity index (χ1) is 15.6. The van der Waals surface area contributed by atoms with E-state index in [2.05, 4.69) is 5.32 Å². The van der Waals surface area contributed by atoms with Gasteiger partial charge >= 0.3 is 0 Å². The number of nitrogens with one attached hydrogen (secondary N) is 1. The van der Waals surface area contributed by atoms with E-state index < -0.39 is 53.0 Å². The van der Waals surface area contributed by atoms with Crippen LogP contribution in [0.5, 0.6) is 5.75 Å². The van der Waals surface area contributed by atoms with Crippen LogP contribution in [0.3, 0.4) is 0 Å². The van der Waals surface area contributed by atoms with Crippen molar-refractivity contribution >= 4 is 11.8 Å².